The van der Waals surface area contributed by atoms with Gasteiger partial charge in [-0.3, -0.25) is 4.79 Å². The van der Waals surface area contributed by atoms with E-state index in [9.17, 15) is 4.79 Å². The minimum absolute atomic E-state index is 0.0159. The fraction of sp³-hybridized carbons (Fsp3) is 0.480. The van der Waals surface area contributed by atoms with Gasteiger partial charge in [0, 0.05) is 17.6 Å². The first-order valence-electron chi connectivity index (χ1n) is 12.1. The molecule has 3 aromatic rings. The van der Waals surface area contributed by atoms with Gasteiger partial charge in [0.15, 0.2) is 12.3 Å². The molecule has 1 aromatic carbocycles. The average molecular weight is 515 g/mol. The van der Waals surface area contributed by atoms with Crippen molar-refractivity contribution in [2.75, 3.05) is 43.6 Å². The molecule has 2 aromatic heterocycles. The number of H-pyrrole nitrogens is 1. The minimum atomic E-state index is -0.0733. The molecule has 0 bridgehead atoms. The molecule has 2 fully saturated rings. The van der Waals surface area contributed by atoms with E-state index in [-0.39, 0.29) is 18.6 Å². The van der Waals surface area contributed by atoms with Crippen LogP contribution in [0.25, 0.3) is 22.6 Å². The van der Waals surface area contributed by atoms with Gasteiger partial charge in [-0.15, -0.1) is 0 Å². The summed E-state index contributed by atoms with van der Waals surface area (Å²) in [5, 5.41) is 7.26. The second-order valence-electron chi connectivity index (χ2n) is 9.25. The third kappa shape index (κ3) is 6.02. The number of fused-ring (bicyclic) bond motifs is 1. The van der Waals surface area contributed by atoms with Crippen LogP contribution in [0, 0.1) is 0 Å². The van der Waals surface area contributed by atoms with Crippen LogP contribution < -0.4 is 15.4 Å². The summed E-state index contributed by atoms with van der Waals surface area (Å²) in [5.41, 5.74) is 3.19. The molecular formula is C25H31ClN6O2S. The highest BCUT2D eigenvalue weighted by Gasteiger charge is 2.20. The number of benzene rings is 1. The topological polar surface area (TPSA) is 95.2 Å². The summed E-state index contributed by atoms with van der Waals surface area (Å²) in [7, 11) is 2.15. The maximum atomic E-state index is 12.2. The highest BCUT2D eigenvalue weighted by Crippen LogP contribution is 2.32. The van der Waals surface area contributed by atoms with Gasteiger partial charge in [-0.1, -0.05) is 11.6 Å². The van der Waals surface area contributed by atoms with E-state index >= 15 is 0 Å². The number of halogens is 1. The van der Waals surface area contributed by atoms with Crippen molar-refractivity contribution in [3.63, 3.8) is 0 Å². The molecule has 2 aliphatic rings. The summed E-state index contributed by atoms with van der Waals surface area (Å²) in [5.74, 6) is 3.49. The molecule has 0 unspecified atom stereocenters. The molecule has 5 rings (SSSR count). The number of carbonyl (C=O) groups excluding carboxylic acids is 1. The molecule has 35 heavy (non-hydrogen) atoms. The number of nitrogens with one attached hydrogen (secondary N) is 3. The van der Waals surface area contributed by atoms with E-state index in [2.05, 4.69) is 37.5 Å². The van der Waals surface area contributed by atoms with Gasteiger partial charge in [0.2, 0.25) is 0 Å². The lowest BCUT2D eigenvalue weighted by atomic mass is 10.1. The number of nitrogens with zero attached hydrogens (tertiary/aromatic N) is 3. The van der Waals surface area contributed by atoms with Gasteiger partial charge in [-0.05, 0) is 81.6 Å². The van der Waals surface area contributed by atoms with Gasteiger partial charge in [0.1, 0.15) is 17.1 Å². The van der Waals surface area contributed by atoms with Crippen LogP contribution in [-0.2, 0) is 4.79 Å². The number of amides is 1. The van der Waals surface area contributed by atoms with Crippen molar-refractivity contribution in [3.8, 4) is 17.1 Å². The molecule has 2 aliphatic heterocycles. The Morgan fingerprint density at radius 2 is 1.91 bits per heavy atom. The zero-order valence-corrected chi connectivity index (χ0v) is 21.4. The van der Waals surface area contributed by atoms with Crippen molar-refractivity contribution in [2.24, 2.45) is 0 Å². The predicted octanol–water partition coefficient (Wildman–Crippen LogP) is 4.18. The lowest BCUT2D eigenvalue weighted by Crippen LogP contribution is -2.39. The van der Waals surface area contributed by atoms with E-state index in [1.54, 1.807) is 6.20 Å². The van der Waals surface area contributed by atoms with Crippen molar-refractivity contribution in [1.82, 2.24) is 25.2 Å². The van der Waals surface area contributed by atoms with E-state index in [1.807, 2.05) is 36.0 Å². The number of piperidine rings is 1. The Morgan fingerprint density at radius 1 is 1.17 bits per heavy atom. The summed E-state index contributed by atoms with van der Waals surface area (Å²) in [6.45, 7) is 2.14. The fourth-order valence-corrected chi connectivity index (χ4v) is 5.84. The van der Waals surface area contributed by atoms with Crippen LogP contribution in [0.2, 0.25) is 5.02 Å². The third-order valence-corrected chi connectivity index (χ3v) is 7.96. The number of rotatable bonds is 7. The summed E-state index contributed by atoms with van der Waals surface area (Å²) in [6.07, 6.45) is 5.84. The van der Waals surface area contributed by atoms with Crippen molar-refractivity contribution in [3.05, 3.63) is 35.5 Å². The lowest BCUT2D eigenvalue weighted by Gasteiger charge is -2.30. The molecule has 2 saturated heterocycles. The average Bonchev–Trinajstić information content (AvgIpc) is 3.31. The number of carbonyl (C=O) groups is 1. The summed E-state index contributed by atoms with van der Waals surface area (Å²) >= 11 is 8.46. The van der Waals surface area contributed by atoms with Crippen LogP contribution in [-0.4, -0.2) is 76.1 Å². The number of aromatic nitrogens is 3. The number of thioether (sulfide) groups is 1. The van der Waals surface area contributed by atoms with Crippen LogP contribution in [0.1, 0.15) is 25.7 Å². The molecule has 0 aliphatic carbocycles. The molecule has 3 N–H and O–H groups in total. The molecule has 186 valence electrons. The first-order chi connectivity index (χ1) is 17.0. The number of hydrogen-bond acceptors (Lipinski definition) is 7. The number of anilines is 1. The molecule has 8 nitrogen and oxygen atoms in total. The minimum Gasteiger partial charge on any atom is -0.484 e. The molecular weight excluding hydrogens is 484 g/mol. The number of hydrogen-bond donors (Lipinski definition) is 3. The number of ether oxygens (including phenoxy) is 1. The Labute approximate surface area is 214 Å². The second-order valence-corrected chi connectivity index (χ2v) is 10.9. The number of pyridine rings is 1. The van der Waals surface area contributed by atoms with Gasteiger partial charge in [-0.25, -0.2) is 9.97 Å². The Hall–Kier alpha value is -2.49. The van der Waals surface area contributed by atoms with Crippen LogP contribution in [0.3, 0.4) is 0 Å². The number of aromatic amines is 1. The molecule has 0 radical (unpaired) electrons. The smallest absolute Gasteiger partial charge is 0.258 e. The van der Waals surface area contributed by atoms with Crippen LogP contribution in [0.15, 0.2) is 30.5 Å². The Kier molecular flexibility index (Phi) is 7.65. The number of imidazole rings is 1. The van der Waals surface area contributed by atoms with Crippen LogP contribution in [0.4, 0.5) is 5.69 Å². The predicted molar refractivity (Wildman–Crippen MR) is 142 cm³/mol. The van der Waals surface area contributed by atoms with Crippen molar-refractivity contribution >= 4 is 46.1 Å². The van der Waals surface area contributed by atoms with Gasteiger partial charge in [0.05, 0.1) is 16.9 Å². The van der Waals surface area contributed by atoms with Crippen LogP contribution in [0.5, 0.6) is 5.75 Å². The molecule has 0 saturated carbocycles. The van der Waals surface area contributed by atoms with Crippen molar-refractivity contribution in [1.29, 1.82) is 0 Å². The van der Waals surface area contributed by atoms with Gasteiger partial charge >= 0.3 is 0 Å². The highest BCUT2D eigenvalue weighted by atomic mass is 35.5. The zero-order chi connectivity index (χ0) is 24.2. The molecule has 4 heterocycles. The quantitative estimate of drug-likeness (QED) is 0.435. The lowest BCUT2D eigenvalue weighted by molar-refractivity contribution is -0.123. The fourth-order valence-electron chi connectivity index (χ4n) is 4.54. The van der Waals surface area contributed by atoms with E-state index in [0.717, 1.165) is 67.0 Å². The maximum absolute atomic E-state index is 12.2. The summed E-state index contributed by atoms with van der Waals surface area (Å²) < 4.78 is 5.69. The summed E-state index contributed by atoms with van der Waals surface area (Å²) in [6, 6.07) is 8.19. The SMILES string of the molecule is CN1CCC(Nc2c(Cl)cnc3nc(-c4ccc(OCC(=O)NC5CCSCC5)cc4)[nH]c23)CC1. The first kappa shape index (κ1) is 24.2. The van der Waals surface area contributed by atoms with Gasteiger partial charge in [0.25, 0.3) is 5.91 Å². The highest BCUT2D eigenvalue weighted by molar-refractivity contribution is 7.99. The normalized spacial score (nSPS) is 18.0. The molecule has 1 amide bonds. The second kappa shape index (κ2) is 11.1. The van der Waals surface area contributed by atoms with E-state index in [1.165, 1.54) is 0 Å². The Morgan fingerprint density at radius 3 is 2.66 bits per heavy atom. The van der Waals surface area contributed by atoms with E-state index in [4.69, 9.17) is 16.3 Å². The number of likely N-dealkylation sites (tertiary alicyclic amines) is 1. The largest absolute Gasteiger partial charge is 0.484 e. The summed E-state index contributed by atoms with van der Waals surface area (Å²) in [4.78, 5) is 27.0. The van der Waals surface area contributed by atoms with Crippen molar-refractivity contribution < 1.29 is 9.53 Å². The van der Waals surface area contributed by atoms with E-state index < -0.39 is 0 Å². The molecule has 0 spiro atoms. The van der Waals surface area contributed by atoms with Gasteiger partial charge in [-0.2, -0.15) is 11.8 Å². The molecule has 0 atom stereocenters. The Balaban J connectivity index is 1.24. The standard InChI is InChI=1S/C25H31ClN6O2S/c1-32-10-6-17(7-11-32)29-22-20(26)14-27-25-23(22)30-24(31-25)16-2-4-19(5-3-16)34-15-21(33)28-18-8-12-35-13-9-18/h2-5,14,17-18H,6-13,15H2,1H3,(H,28,33)(H2,27,29,30,31). The van der Waals surface area contributed by atoms with Gasteiger partial charge < -0.3 is 25.3 Å². The van der Waals surface area contributed by atoms with Crippen LogP contribution >= 0.6 is 23.4 Å². The molecule has 10 heteroatoms. The monoisotopic (exact) mass is 514 g/mol. The van der Waals surface area contributed by atoms with E-state index in [0.29, 0.717) is 28.3 Å². The Bertz CT molecular complexity index is 1160. The third-order valence-electron chi connectivity index (χ3n) is 6.62. The first-order valence-corrected chi connectivity index (χ1v) is 13.7. The maximum Gasteiger partial charge on any atom is 0.258 e. The zero-order valence-electron chi connectivity index (χ0n) is 19.8. The van der Waals surface area contributed by atoms with Crippen molar-refractivity contribution in [2.45, 2.75) is 37.8 Å².